The molecular formula is C28H30N8O. The van der Waals surface area contributed by atoms with Gasteiger partial charge in [0.05, 0.1) is 28.9 Å². The molecule has 0 amide bonds. The molecular weight excluding hydrogens is 464 g/mol. The molecule has 2 aliphatic rings. The van der Waals surface area contributed by atoms with Gasteiger partial charge in [-0.2, -0.15) is 10.2 Å². The number of anilines is 2. The number of nitrogens with zero attached hydrogens (tertiary/aromatic N) is 6. The van der Waals surface area contributed by atoms with Crippen molar-refractivity contribution >= 4 is 22.7 Å². The lowest BCUT2D eigenvalue weighted by molar-refractivity contribution is 0.435. The van der Waals surface area contributed by atoms with E-state index >= 15 is 0 Å². The van der Waals surface area contributed by atoms with Crippen LogP contribution in [0.2, 0.25) is 0 Å². The van der Waals surface area contributed by atoms with Crippen molar-refractivity contribution in [2.24, 2.45) is 0 Å². The highest BCUT2D eigenvalue weighted by Gasteiger charge is 2.32. The highest BCUT2D eigenvalue weighted by Crippen LogP contribution is 2.36. The summed E-state index contributed by atoms with van der Waals surface area (Å²) in [6.45, 7) is 9.93. The van der Waals surface area contributed by atoms with Gasteiger partial charge in [-0.1, -0.05) is 19.9 Å². The molecule has 1 fully saturated rings. The molecule has 0 atom stereocenters. The molecule has 0 unspecified atom stereocenters. The summed E-state index contributed by atoms with van der Waals surface area (Å²) >= 11 is 0. The van der Waals surface area contributed by atoms with Crippen LogP contribution in [0.3, 0.4) is 0 Å². The number of fused-ring (bicyclic) bond motifs is 2. The second-order valence-electron chi connectivity index (χ2n) is 11.2. The Morgan fingerprint density at radius 2 is 2.00 bits per heavy atom. The number of aromatic nitrogens is 5. The van der Waals surface area contributed by atoms with E-state index in [1.54, 1.807) is 17.1 Å². The zero-order valence-corrected chi connectivity index (χ0v) is 21.5. The first-order valence-corrected chi connectivity index (χ1v) is 12.7. The molecule has 1 aromatic carbocycles. The van der Waals surface area contributed by atoms with Gasteiger partial charge in [0, 0.05) is 36.6 Å². The van der Waals surface area contributed by atoms with Crippen LogP contribution in [-0.4, -0.2) is 30.9 Å². The van der Waals surface area contributed by atoms with Gasteiger partial charge < -0.3 is 10.6 Å². The van der Waals surface area contributed by atoms with Crippen LogP contribution >= 0.6 is 0 Å². The minimum atomic E-state index is -0.763. The molecule has 9 heteroatoms. The third kappa shape index (κ3) is 3.98. The molecule has 1 aliphatic carbocycles. The van der Waals surface area contributed by atoms with E-state index in [1.165, 1.54) is 11.1 Å². The van der Waals surface area contributed by atoms with Crippen LogP contribution in [0.15, 0.2) is 47.5 Å². The number of nitrogens with one attached hydrogen (secondary N) is 2. The average Bonchev–Trinajstić information content (AvgIpc) is 3.67. The molecule has 9 nitrogen and oxygen atoms in total. The summed E-state index contributed by atoms with van der Waals surface area (Å²) in [5.41, 5.74) is 4.62. The molecule has 188 valence electrons. The molecule has 4 aromatic rings. The Balaban J connectivity index is 1.45. The smallest absolute Gasteiger partial charge is 0.278 e. The van der Waals surface area contributed by atoms with Crippen molar-refractivity contribution in [3.8, 4) is 11.8 Å². The van der Waals surface area contributed by atoms with Gasteiger partial charge in [0.1, 0.15) is 5.39 Å². The summed E-state index contributed by atoms with van der Waals surface area (Å²) in [4.78, 5) is 27.1. The van der Waals surface area contributed by atoms with Gasteiger partial charge in [-0.25, -0.2) is 14.3 Å². The number of nitriles is 1. The quantitative estimate of drug-likeness (QED) is 0.427. The second-order valence-corrected chi connectivity index (χ2v) is 11.2. The monoisotopic (exact) mass is 494 g/mol. The topological polar surface area (TPSA) is 113 Å². The first kappa shape index (κ1) is 23.4. The van der Waals surface area contributed by atoms with Gasteiger partial charge in [0.15, 0.2) is 5.65 Å². The van der Waals surface area contributed by atoms with Gasteiger partial charge in [-0.3, -0.25) is 9.78 Å². The predicted octanol–water partition coefficient (Wildman–Crippen LogP) is 4.24. The van der Waals surface area contributed by atoms with Crippen LogP contribution < -0.4 is 16.2 Å². The van der Waals surface area contributed by atoms with Crippen LogP contribution in [0, 0.1) is 11.3 Å². The lowest BCUT2D eigenvalue weighted by Crippen LogP contribution is -2.38. The van der Waals surface area contributed by atoms with E-state index in [9.17, 15) is 10.1 Å². The number of pyridine rings is 1. The highest BCUT2D eigenvalue weighted by molar-refractivity contribution is 5.77. The minimum Gasteiger partial charge on any atom is -0.324 e. The maximum absolute atomic E-state index is 13.4. The fourth-order valence-electron chi connectivity index (χ4n) is 5.12. The van der Waals surface area contributed by atoms with Crippen LogP contribution in [0.4, 0.5) is 11.6 Å². The molecule has 3 aromatic heterocycles. The third-order valence-corrected chi connectivity index (χ3v) is 7.40. The molecule has 0 spiro atoms. The van der Waals surface area contributed by atoms with Crippen LogP contribution in [0.5, 0.6) is 0 Å². The average molecular weight is 495 g/mol. The van der Waals surface area contributed by atoms with E-state index in [1.807, 2.05) is 30.7 Å². The summed E-state index contributed by atoms with van der Waals surface area (Å²) in [6, 6.07) is 12.5. The zero-order chi connectivity index (χ0) is 25.9. The molecule has 37 heavy (non-hydrogen) atoms. The lowest BCUT2D eigenvalue weighted by atomic mass is 9.79. The summed E-state index contributed by atoms with van der Waals surface area (Å²) < 4.78 is 3.63. The highest BCUT2D eigenvalue weighted by atomic mass is 16.1. The van der Waals surface area contributed by atoms with E-state index in [0.717, 1.165) is 37.3 Å². The van der Waals surface area contributed by atoms with Gasteiger partial charge >= 0.3 is 0 Å². The SMILES string of the molecule is CC(C)(C#N)c1cc(-n2c3nc(Nc4ccc5c(c4)CNCC5(C)C)ncc3c(=O)n2C2CC2)ccn1. The standard InChI is InChI=1S/C28H30N8O/c1-27(2,15-29)23-12-20(9-10-31-23)35-24-21(25(37)36(35)19-6-7-19)14-32-26(34-24)33-18-5-8-22-17(11-18)13-30-16-28(22,3)4/h5,8-12,14,19,30H,6-7,13,16H2,1-4H3,(H,32,33,34). The first-order valence-electron chi connectivity index (χ1n) is 12.7. The predicted molar refractivity (Wildman–Crippen MR) is 142 cm³/mol. The third-order valence-electron chi connectivity index (χ3n) is 7.40. The van der Waals surface area contributed by atoms with Crippen molar-refractivity contribution < 1.29 is 0 Å². The lowest BCUT2D eigenvalue weighted by Gasteiger charge is -2.33. The van der Waals surface area contributed by atoms with Crippen LogP contribution in [0.1, 0.15) is 63.4 Å². The Morgan fingerprint density at radius 3 is 2.76 bits per heavy atom. The largest absolute Gasteiger partial charge is 0.324 e. The van der Waals surface area contributed by atoms with E-state index in [2.05, 4.69) is 58.7 Å². The van der Waals surface area contributed by atoms with Crippen LogP contribution in [0.25, 0.3) is 16.7 Å². The Kier molecular flexibility index (Phi) is 5.21. The fourth-order valence-corrected chi connectivity index (χ4v) is 5.12. The molecule has 4 heterocycles. The van der Waals surface area contributed by atoms with E-state index in [-0.39, 0.29) is 17.0 Å². The van der Waals surface area contributed by atoms with E-state index < -0.39 is 5.41 Å². The van der Waals surface area contributed by atoms with Crippen molar-refractivity contribution in [3.63, 3.8) is 0 Å². The Labute approximate surface area is 215 Å². The minimum absolute atomic E-state index is 0.0762. The molecule has 0 radical (unpaired) electrons. The zero-order valence-electron chi connectivity index (χ0n) is 21.5. The van der Waals surface area contributed by atoms with Crippen molar-refractivity contribution in [1.82, 2.24) is 29.6 Å². The molecule has 0 bridgehead atoms. The van der Waals surface area contributed by atoms with Gasteiger partial charge in [-0.05, 0) is 62.1 Å². The normalized spacial score (nSPS) is 16.8. The molecule has 6 rings (SSSR count). The van der Waals surface area contributed by atoms with Crippen molar-refractivity contribution in [2.75, 3.05) is 11.9 Å². The van der Waals surface area contributed by atoms with Gasteiger partial charge in [0.2, 0.25) is 5.95 Å². The van der Waals surface area contributed by atoms with Crippen molar-refractivity contribution in [2.45, 2.75) is 64.0 Å². The van der Waals surface area contributed by atoms with Crippen molar-refractivity contribution in [1.29, 1.82) is 5.26 Å². The fraction of sp³-hybridized carbons (Fsp3) is 0.393. The van der Waals surface area contributed by atoms with Gasteiger partial charge in [0.25, 0.3) is 5.56 Å². The Bertz CT molecular complexity index is 1630. The molecule has 1 saturated carbocycles. The molecule has 2 N–H and O–H groups in total. The number of hydrogen-bond acceptors (Lipinski definition) is 7. The summed E-state index contributed by atoms with van der Waals surface area (Å²) in [5.74, 6) is 0.420. The van der Waals surface area contributed by atoms with Crippen molar-refractivity contribution in [3.05, 3.63) is 69.9 Å². The summed E-state index contributed by atoms with van der Waals surface area (Å²) in [5, 5.41) is 16.9. The van der Waals surface area contributed by atoms with Gasteiger partial charge in [-0.15, -0.1) is 0 Å². The van der Waals surface area contributed by atoms with Crippen LogP contribution in [-0.2, 0) is 17.4 Å². The first-order chi connectivity index (χ1) is 17.7. The summed E-state index contributed by atoms with van der Waals surface area (Å²) in [7, 11) is 0. The maximum Gasteiger partial charge on any atom is 0.278 e. The summed E-state index contributed by atoms with van der Waals surface area (Å²) in [6.07, 6.45) is 5.17. The van der Waals surface area contributed by atoms with E-state index in [4.69, 9.17) is 4.98 Å². The number of benzene rings is 1. The molecule has 0 saturated heterocycles. The van der Waals surface area contributed by atoms with E-state index in [0.29, 0.717) is 22.7 Å². The number of hydrogen-bond donors (Lipinski definition) is 2. The molecule has 1 aliphatic heterocycles. The maximum atomic E-state index is 13.4. The second kappa shape index (κ2) is 8.25. The Morgan fingerprint density at radius 1 is 1.19 bits per heavy atom. The Hall–Kier alpha value is -4.03. The number of rotatable bonds is 5.